The molecule has 23 heavy (non-hydrogen) atoms. The van der Waals surface area contributed by atoms with Crippen molar-refractivity contribution in [2.45, 2.75) is 40.3 Å². The number of nitrogens with one attached hydrogen (secondary N) is 1. The number of amides is 1. The van der Waals surface area contributed by atoms with Crippen LogP contribution in [0.1, 0.15) is 42.4 Å². The molecule has 0 bridgehead atoms. The van der Waals surface area contributed by atoms with Crippen molar-refractivity contribution in [1.29, 1.82) is 0 Å². The van der Waals surface area contributed by atoms with Crippen LogP contribution in [-0.4, -0.2) is 21.7 Å². The second-order valence-corrected chi connectivity index (χ2v) is 6.40. The van der Waals surface area contributed by atoms with Crippen molar-refractivity contribution in [3.05, 3.63) is 52.1 Å². The molecule has 124 valence electrons. The molecule has 1 N–H and O–H groups in total. The average Bonchev–Trinajstić information content (AvgIpc) is 2.75. The maximum absolute atomic E-state index is 13.0. The summed E-state index contributed by atoms with van der Waals surface area (Å²) in [6.07, 6.45) is 0. The van der Waals surface area contributed by atoms with E-state index in [1.54, 1.807) is 23.7 Å². The summed E-state index contributed by atoms with van der Waals surface area (Å²) in [6, 6.07) is 6.15. The molecule has 0 aliphatic heterocycles. The van der Waals surface area contributed by atoms with E-state index < -0.39 is 0 Å². The first-order valence-electron chi connectivity index (χ1n) is 7.57. The number of hydrogen-bond donors (Lipinski definition) is 1. The molecule has 1 unspecified atom stereocenters. The van der Waals surface area contributed by atoms with Gasteiger partial charge in [-0.25, -0.2) is 9.07 Å². The van der Waals surface area contributed by atoms with Crippen LogP contribution in [0.4, 0.5) is 4.39 Å². The van der Waals surface area contributed by atoms with Crippen LogP contribution in [0.25, 0.3) is 0 Å². The smallest absolute Gasteiger partial charge is 0.256 e. The Morgan fingerprint density at radius 1 is 1.30 bits per heavy atom. The molecule has 0 aliphatic carbocycles. The molecule has 6 heteroatoms. The van der Waals surface area contributed by atoms with E-state index in [1.807, 2.05) is 20.8 Å². The Morgan fingerprint density at radius 3 is 2.48 bits per heavy atom. The van der Waals surface area contributed by atoms with Crippen molar-refractivity contribution < 1.29 is 9.18 Å². The van der Waals surface area contributed by atoms with Crippen LogP contribution < -0.4 is 5.32 Å². The summed E-state index contributed by atoms with van der Waals surface area (Å²) in [4.78, 5) is 12.4. The SMILES string of the molecule is Cc1nn(Cc2ccc(F)cc2)c(Cl)c1C(=O)NC(C)C(C)C. The minimum atomic E-state index is -0.292. The molecule has 1 heterocycles. The predicted molar refractivity (Wildman–Crippen MR) is 89.2 cm³/mol. The highest BCUT2D eigenvalue weighted by Crippen LogP contribution is 2.21. The van der Waals surface area contributed by atoms with Gasteiger partial charge in [0.15, 0.2) is 0 Å². The van der Waals surface area contributed by atoms with Gasteiger partial charge in [-0.3, -0.25) is 4.79 Å². The largest absolute Gasteiger partial charge is 0.349 e. The highest BCUT2D eigenvalue weighted by molar-refractivity contribution is 6.33. The molecular formula is C17H21ClFN3O. The third-order valence-electron chi connectivity index (χ3n) is 3.90. The van der Waals surface area contributed by atoms with Gasteiger partial charge >= 0.3 is 0 Å². The number of hydrogen-bond acceptors (Lipinski definition) is 2. The molecule has 1 aromatic heterocycles. The molecule has 0 radical (unpaired) electrons. The van der Waals surface area contributed by atoms with Gasteiger partial charge in [-0.1, -0.05) is 37.6 Å². The molecule has 0 aliphatic rings. The molecule has 1 aromatic carbocycles. The van der Waals surface area contributed by atoms with Gasteiger partial charge in [-0.2, -0.15) is 5.10 Å². The monoisotopic (exact) mass is 337 g/mol. The first kappa shape index (κ1) is 17.5. The summed E-state index contributed by atoms with van der Waals surface area (Å²) >= 11 is 6.33. The van der Waals surface area contributed by atoms with E-state index in [4.69, 9.17) is 11.6 Å². The van der Waals surface area contributed by atoms with Gasteiger partial charge in [-0.05, 0) is 37.5 Å². The van der Waals surface area contributed by atoms with Crippen molar-refractivity contribution in [2.75, 3.05) is 0 Å². The van der Waals surface area contributed by atoms with Crippen LogP contribution in [0.2, 0.25) is 5.15 Å². The van der Waals surface area contributed by atoms with Crippen molar-refractivity contribution >= 4 is 17.5 Å². The summed E-state index contributed by atoms with van der Waals surface area (Å²) in [7, 11) is 0. The molecule has 0 spiro atoms. The Labute approximate surface area is 140 Å². The third kappa shape index (κ3) is 4.10. The molecule has 0 saturated carbocycles. The number of aromatic nitrogens is 2. The van der Waals surface area contributed by atoms with E-state index >= 15 is 0 Å². The normalized spacial score (nSPS) is 12.5. The van der Waals surface area contributed by atoms with E-state index in [9.17, 15) is 9.18 Å². The molecule has 1 atom stereocenters. The molecular weight excluding hydrogens is 317 g/mol. The van der Waals surface area contributed by atoms with E-state index in [0.717, 1.165) is 5.56 Å². The quantitative estimate of drug-likeness (QED) is 0.901. The van der Waals surface area contributed by atoms with Crippen LogP contribution in [0.15, 0.2) is 24.3 Å². The highest BCUT2D eigenvalue weighted by Gasteiger charge is 2.22. The second-order valence-electron chi connectivity index (χ2n) is 6.04. The van der Waals surface area contributed by atoms with Crippen molar-refractivity contribution in [3.8, 4) is 0 Å². The number of nitrogens with zero attached hydrogens (tertiary/aromatic N) is 2. The number of carbonyl (C=O) groups excluding carboxylic acids is 1. The van der Waals surface area contributed by atoms with E-state index in [0.29, 0.717) is 28.9 Å². The fourth-order valence-electron chi connectivity index (χ4n) is 2.12. The Hall–Kier alpha value is -1.88. The van der Waals surface area contributed by atoms with Crippen molar-refractivity contribution in [2.24, 2.45) is 5.92 Å². The number of benzene rings is 1. The van der Waals surface area contributed by atoms with Gasteiger partial charge < -0.3 is 5.32 Å². The summed E-state index contributed by atoms with van der Waals surface area (Å²) < 4.78 is 14.5. The minimum Gasteiger partial charge on any atom is -0.349 e. The number of carbonyl (C=O) groups is 1. The first-order valence-corrected chi connectivity index (χ1v) is 7.95. The van der Waals surface area contributed by atoms with Crippen molar-refractivity contribution in [1.82, 2.24) is 15.1 Å². The van der Waals surface area contributed by atoms with Gasteiger partial charge in [0.1, 0.15) is 11.0 Å². The Bertz CT molecular complexity index is 695. The number of aryl methyl sites for hydroxylation is 1. The predicted octanol–water partition coefficient (Wildman–Crippen LogP) is 3.81. The zero-order chi connectivity index (χ0) is 17.1. The highest BCUT2D eigenvalue weighted by atomic mass is 35.5. The van der Waals surface area contributed by atoms with Gasteiger partial charge in [0.2, 0.25) is 0 Å². The lowest BCUT2D eigenvalue weighted by Crippen LogP contribution is -2.36. The average molecular weight is 338 g/mol. The zero-order valence-corrected chi connectivity index (χ0v) is 14.5. The molecule has 2 rings (SSSR count). The lowest BCUT2D eigenvalue weighted by molar-refractivity contribution is 0.0930. The molecule has 0 fully saturated rings. The molecule has 2 aromatic rings. The van der Waals surface area contributed by atoms with Crippen LogP contribution >= 0.6 is 11.6 Å². The minimum absolute atomic E-state index is 0.0402. The van der Waals surface area contributed by atoms with Crippen molar-refractivity contribution in [3.63, 3.8) is 0 Å². The van der Waals surface area contributed by atoms with Gasteiger partial charge in [-0.15, -0.1) is 0 Å². The summed E-state index contributed by atoms with van der Waals surface area (Å²) in [6.45, 7) is 8.17. The van der Waals surface area contributed by atoms with E-state index in [1.165, 1.54) is 12.1 Å². The third-order valence-corrected chi connectivity index (χ3v) is 4.28. The zero-order valence-electron chi connectivity index (χ0n) is 13.7. The van der Waals surface area contributed by atoms with Crippen LogP contribution in [0.5, 0.6) is 0 Å². The van der Waals surface area contributed by atoms with Crippen LogP contribution in [0.3, 0.4) is 0 Å². The fraction of sp³-hybridized carbons (Fsp3) is 0.412. The second kappa shape index (κ2) is 7.13. The molecule has 4 nitrogen and oxygen atoms in total. The topological polar surface area (TPSA) is 46.9 Å². The first-order chi connectivity index (χ1) is 10.8. The fourth-order valence-corrected chi connectivity index (χ4v) is 2.44. The summed E-state index contributed by atoms with van der Waals surface area (Å²) in [5.41, 5.74) is 1.82. The maximum Gasteiger partial charge on any atom is 0.256 e. The van der Waals surface area contributed by atoms with E-state index in [2.05, 4.69) is 10.4 Å². The number of halogens is 2. The van der Waals surface area contributed by atoms with Gasteiger partial charge in [0.25, 0.3) is 5.91 Å². The summed E-state index contributed by atoms with van der Waals surface area (Å²) in [5.74, 6) is -0.189. The van der Waals surface area contributed by atoms with E-state index in [-0.39, 0.29) is 17.8 Å². The molecule has 0 saturated heterocycles. The lowest BCUT2D eigenvalue weighted by Gasteiger charge is -2.17. The number of rotatable bonds is 5. The lowest BCUT2D eigenvalue weighted by atomic mass is 10.1. The molecule has 1 amide bonds. The standard InChI is InChI=1S/C17H21ClFN3O/c1-10(2)11(3)20-17(23)15-12(4)21-22(16(15)18)9-13-5-7-14(19)8-6-13/h5-8,10-11H,9H2,1-4H3,(H,20,23). The van der Waals surface area contributed by atoms with Crippen LogP contribution in [-0.2, 0) is 6.54 Å². The summed E-state index contributed by atoms with van der Waals surface area (Å²) in [5, 5.41) is 7.56. The van der Waals surface area contributed by atoms with Crippen LogP contribution in [0, 0.1) is 18.7 Å². The Morgan fingerprint density at radius 2 is 1.91 bits per heavy atom. The maximum atomic E-state index is 13.0. The Kier molecular flexibility index (Phi) is 5.42. The van der Waals surface area contributed by atoms with Gasteiger partial charge in [0.05, 0.1) is 17.8 Å². The Balaban J connectivity index is 2.21. The van der Waals surface area contributed by atoms with Gasteiger partial charge in [0, 0.05) is 6.04 Å².